The van der Waals surface area contributed by atoms with E-state index in [0.29, 0.717) is 12.1 Å². The molecule has 1 aromatic rings. The summed E-state index contributed by atoms with van der Waals surface area (Å²) in [6.07, 6.45) is 9.71. The Balaban J connectivity index is 1.78. The zero-order valence-electron chi connectivity index (χ0n) is 15.7. The molecule has 0 radical (unpaired) electrons. The minimum Gasteiger partial charge on any atom is -0.389 e. The van der Waals surface area contributed by atoms with Gasteiger partial charge < -0.3 is 10.0 Å². The van der Waals surface area contributed by atoms with Crippen molar-refractivity contribution in [3.8, 4) is 0 Å². The fourth-order valence-corrected chi connectivity index (χ4v) is 4.14. The summed E-state index contributed by atoms with van der Waals surface area (Å²) in [6, 6.07) is 10.4. The average molecular weight is 471 g/mol. The summed E-state index contributed by atoms with van der Waals surface area (Å²) in [5.74, 6) is 0. The molecule has 0 amide bonds. The molecule has 2 nitrogen and oxygen atoms in total. The van der Waals surface area contributed by atoms with Crippen molar-refractivity contribution in [3.63, 3.8) is 0 Å². The van der Waals surface area contributed by atoms with E-state index in [4.69, 9.17) is 0 Å². The van der Waals surface area contributed by atoms with Crippen LogP contribution in [0.4, 0.5) is 4.39 Å². The molecule has 0 spiro atoms. The summed E-state index contributed by atoms with van der Waals surface area (Å²) in [6.45, 7) is 6.92. The van der Waals surface area contributed by atoms with E-state index >= 15 is 0 Å². The highest BCUT2D eigenvalue weighted by molar-refractivity contribution is 14.1. The Hall–Kier alpha value is -0.880. The first kappa shape index (κ1) is 21.4. The van der Waals surface area contributed by atoms with Gasteiger partial charge in [-0.05, 0) is 53.8 Å². The summed E-state index contributed by atoms with van der Waals surface area (Å²) in [4.78, 5) is 2.06. The van der Waals surface area contributed by atoms with E-state index < -0.39 is 9.78 Å². The van der Waals surface area contributed by atoms with Crippen molar-refractivity contribution in [2.75, 3.05) is 6.54 Å². The number of unbranched alkanes of at least 4 members (excludes halogenated alkanes) is 2. The largest absolute Gasteiger partial charge is 0.389 e. The normalized spacial score (nSPS) is 24.5. The predicted molar refractivity (Wildman–Crippen MR) is 116 cm³/mol. The molecule has 1 aromatic carbocycles. The van der Waals surface area contributed by atoms with Crippen LogP contribution in [0.2, 0.25) is 0 Å². The molecule has 2 unspecified atom stereocenters. The van der Waals surface area contributed by atoms with Crippen molar-refractivity contribution >= 4 is 22.6 Å². The second-order valence-corrected chi connectivity index (χ2v) is 8.86. The van der Waals surface area contributed by atoms with E-state index in [-0.39, 0.29) is 6.04 Å². The smallest absolute Gasteiger partial charge is 0.202 e. The van der Waals surface area contributed by atoms with Crippen LogP contribution in [0.1, 0.15) is 51.0 Å². The topological polar surface area (TPSA) is 23.5 Å². The van der Waals surface area contributed by atoms with Crippen LogP contribution in [-0.2, 0) is 6.42 Å². The van der Waals surface area contributed by atoms with Crippen molar-refractivity contribution in [2.24, 2.45) is 0 Å². The molecule has 0 aliphatic carbocycles. The molecule has 1 aliphatic rings. The number of aliphatic hydroxyl groups excluding tert-OH is 1. The lowest BCUT2D eigenvalue weighted by atomic mass is 10.0. The third-order valence-corrected chi connectivity index (χ3v) is 6.06. The summed E-state index contributed by atoms with van der Waals surface area (Å²) >= 11 is 1.86. The fourth-order valence-electron chi connectivity index (χ4n) is 3.38. The van der Waals surface area contributed by atoms with Gasteiger partial charge in [-0.3, -0.25) is 0 Å². The number of hydrogen-bond donors (Lipinski definition) is 1. The van der Waals surface area contributed by atoms with Crippen LogP contribution in [-0.4, -0.2) is 32.4 Å². The Bertz CT molecular complexity index is 587. The van der Waals surface area contributed by atoms with Crippen molar-refractivity contribution in [2.45, 2.75) is 67.7 Å². The first-order valence-electron chi connectivity index (χ1n) is 9.68. The lowest BCUT2D eigenvalue weighted by Crippen LogP contribution is -2.28. The van der Waals surface area contributed by atoms with Crippen molar-refractivity contribution in [1.29, 1.82) is 0 Å². The molecule has 1 saturated heterocycles. The Kier molecular flexibility index (Phi) is 8.61. The standard InChI is InChI=1S/C22H31FINO/c1-3-4-16-25-18(2)22(23,24)17-20(25)14-15-21(26)13-9-8-12-19-10-6-5-7-11-19/h5-7,10-11,14-15,20-21,26H,2-4,8-9,12-13,16-17H2,1H3/b15-14+/t20-,21?,22?/m0/s1. The van der Waals surface area contributed by atoms with Gasteiger partial charge in [0, 0.05) is 13.0 Å². The van der Waals surface area contributed by atoms with E-state index in [0.717, 1.165) is 45.1 Å². The number of hydrogen-bond acceptors (Lipinski definition) is 2. The van der Waals surface area contributed by atoms with Gasteiger partial charge in [-0.25, -0.2) is 4.39 Å². The molecule has 4 heteroatoms. The average Bonchev–Trinajstić information content (AvgIpc) is 2.85. The fraction of sp³-hybridized carbons (Fsp3) is 0.545. The van der Waals surface area contributed by atoms with Gasteiger partial charge in [0.25, 0.3) is 0 Å². The SMILES string of the molecule is C=C1N(CCCC)[C@@H](/C=C/C(O)CCCCc2ccccc2)CC1(F)I. The van der Waals surface area contributed by atoms with E-state index in [2.05, 4.69) is 42.7 Å². The van der Waals surface area contributed by atoms with Crippen molar-refractivity contribution in [3.05, 3.63) is 60.3 Å². The molecule has 0 aromatic heterocycles. The van der Waals surface area contributed by atoms with Crippen molar-refractivity contribution in [1.82, 2.24) is 4.90 Å². The number of allylic oxidation sites excluding steroid dienone is 1. The summed E-state index contributed by atoms with van der Waals surface area (Å²) in [7, 11) is 0. The van der Waals surface area contributed by atoms with Gasteiger partial charge >= 0.3 is 0 Å². The molecule has 1 N–H and O–H groups in total. The molecule has 0 bridgehead atoms. The Morgan fingerprint density at radius 1 is 1.35 bits per heavy atom. The molecule has 3 atom stereocenters. The number of alkyl halides is 2. The van der Waals surface area contributed by atoms with Gasteiger partial charge in [-0.2, -0.15) is 0 Å². The minimum atomic E-state index is -1.37. The number of rotatable bonds is 10. The number of benzene rings is 1. The molecule has 2 rings (SSSR count). The second kappa shape index (κ2) is 10.5. The molecular formula is C22H31FINO. The number of halogens is 2. The second-order valence-electron chi connectivity index (χ2n) is 7.15. The van der Waals surface area contributed by atoms with Gasteiger partial charge in [0.1, 0.15) is 0 Å². The highest BCUT2D eigenvalue weighted by Gasteiger charge is 2.44. The molecule has 1 aliphatic heterocycles. The number of nitrogens with zero attached hydrogens (tertiary/aromatic N) is 1. The number of aryl methyl sites for hydroxylation is 1. The lowest BCUT2D eigenvalue weighted by Gasteiger charge is -2.25. The van der Waals surface area contributed by atoms with Gasteiger partial charge in [-0.15, -0.1) is 0 Å². The lowest BCUT2D eigenvalue weighted by molar-refractivity contribution is 0.207. The van der Waals surface area contributed by atoms with Crippen LogP contribution in [0.3, 0.4) is 0 Å². The molecule has 0 saturated carbocycles. The quantitative estimate of drug-likeness (QED) is 0.202. The summed E-state index contributed by atoms with van der Waals surface area (Å²) in [5.41, 5.74) is 1.91. The molecule has 26 heavy (non-hydrogen) atoms. The Morgan fingerprint density at radius 3 is 2.77 bits per heavy atom. The first-order chi connectivity index (χ1) is 12.4. The highest BCUT2D eigenvalue weighted by atomic mass is 127. The van der Waals surface area contributed by atoms with Crippen LogP contribution in [0.25, 0.3) is 0 Å². The van der Waals surface area contributed by atoms with Crippen LogP contribution in [0, 0.1) is 0 Å². The minimum absolute atomic E-state index is 0.00470. The van der Waals surface area contributed by atoms with E-state index in [1.165, 1.54) is 5.56 Å². The van der Waals surface area contributed by atoms with Gasteiger partial charge in [0.2, 0.25) is 3.68 Å². The monoisotopic (exact) mass is 471 g/mol. The molecule has 1 fully saturated rings. The maximum absolute atomic E-state index is 14.6. The van der Waals surface area contributed by atoms with Crippen molar-refractivity contribution < 1.29 is 9.50 Å². The maximum atomic E-state index is 14.6. The maximum Gasteiger partial charge on any atom is 0.202 e. The third-order valence-electron chi connectivity index (χ3n) is 5.00. The summed E-state index contributed by atoms with van der Waals surface area (Å²) in [5, 5.41) is 10.2. The number of aliphatic hydroxyl groups is 1. The van der Waals surface area contributed by atoms with E-state index in [1.807, 2.05) is 40.8 Å². The molecule has 1 heterocycles. The van der Waals surface area contributed by atoms with Crippen LogP contribution in [0.15, 0.2) is 54.8 Å². The molecule has 144 valence electrons. The zero-order valence-corrected chi connectivity index (χ0v) is 17.9. The predicted octanol–water partition coefficient (Wildman–Crippen LogP) is 5.81. The Labute approximate surface area is 171 Å². The van der Waals surface area contributed by atoms with Gasteiger partial charge in [-0.1, -0.05) is 68.8 Å². The van der Waals surface area contributed by atoms with E-state index in [1.54, 1.807) is 0 Å². The van der Waals surface area contributed by atoms with Crippen LogP contribution >= 0.6 is 22.6 Å². The summed E-state index contributed by atoms with van der Waals surface area (Å²) < 4.78 is 13.2. The highest BCUT2D eigenvalue weighted by Crippen LogP contribution is 2.44. The van der Waals surface area contributed by atoms with Gasteiger partial charge in [0.15, 0.2) is 0 Å². The first-order valence-corrected chi connectivity index (χ1v) is 10.8. The zero-order chi connectivity index (χ0) is 19.0. The number of likely N-dealkylation sites (tertiary alicyclic amines) is 1. The van der Waals surface area contributed by atoms with Crippen LogP contribution < -0.4 is 0 Å². The Morgan fingerprint density at radius 2 is 2.08 bits per heavy atom. The molecular weight excluding hydrogens is 440 g/mol. The van der Waals surface area contributed by atoms with E-state index in [9.17, 15) is 9.50 Å². The third kappa shape index (κ3) is 6.38. The van der Waals surface area contributed by atoms with Crippen LogP contribution in [0.5, 0.6) is 0 Å². The van der Waals surface area contributed by atoms with Gasteiger partial charge in [0.05, 0.1) is 17.8 Å².